The quantitative estimate of drug-likeness (QED) is 0.721. The Morgan fingerprint density at radius 3 is 2.62 bits per heavy atom. The maximum atomic E-state index is 12.3. The zero-order chi connectivity index (χ0) is 18.5. The number of carbonyl (C=O) groups excluding carboxylic acids is 1. The molecular weight excluding hydrogens is 350 g/mol. The summed E-state index contributed by atoms with van der Waals surface area (Å²) in [6.07, 6.45) is 3.16. The van der Waals surface area contributed by atoms with E-state index in [1.807, 2.05) is 48.3 Å². The maximum Gasteiger partial charge on any atom is 0.238 e. The fourth-order valence-corrected chi connectivity index (χ4v) is 2.80. The lowest BCUT2D eigenvalue weighted by atomic mass is 10.1. The van der Waals surface area contributed by atoms with Crippen molar-refractivity contribution >= 4 is 23.2 Å². The van der Waals surface area contributed by atoms with Crippen molar-refractivity contribution in [3.05, 3.63) is 71.8 Å². The van der Waals surface area contributed by atoms with Crippen molar-refractivity contribution in [3.63, 3.8) is 0 Å². The molecule has 1 N–H and O–H groups in total. The van der Waals surface area contributed by atoms with Crippen molar-refractivity contribution in [1.82, 2.24) is 19.7 Å². The van der Waals surface area contributed by atoms with Crippen LogP contribution in [0.25, 0.3) is 5.69 Å². The molecule has 0 radical (unpaired) electrons. The summed E-state index contributed by atoms with van der Waals surface area (Å²) < 4.78 is 1.70. The number of halogens is 1. The molecule has 134 valence electrons. The molecule has 6 nitrogen and oxygen atoms in total. The van der Waals surface area contributed by atoms with Gasteiger partial charge in [-0.15, -0.1) is 0 Å². The van der Waals surface area contributed by atoms with E-state index < -0.39 is 0 Å². The molecule has 0 spiro atoms. The second-order valence-electron chi connectivity index (χ2n) is 6.05. The standard InChI is InChI=1S/C19H20ClN5O/c1-14(15-7-9-16(10-8-15)25-13-21-12-22-25)24(2)11-19(26)23-18-6-4-3-5-17(18)20/h3-10,12-14H,11H2,1-2H3,(H,23,26)/t14-/m1/s1. The number of hydrogen-bond acceptors (Lipinski definition) is 4. The zero-order valence-corrected chi connectivity index (χ0v) is 15.4. The minimum absolute atomic E-state index is 0.0804. The highest BCUT2D eigenvalue weighted by atomic mass is 35.5. The van der Waals surface area contributed by atoms with Gasteiger partial charge in [-0.2, -0.15) is 5.10 Å². The van der Waals surface area contributed by atoms with Crippen LogP contribution in [0.1, 0.15) is 18.5 Å². The third-order valence-electron chi connectivity index (χ3n) is 4.26. The molecule has 3 rings (SSSR count). The summed E-state index contributed by atoms with van der Waals surface area (Å²) in [6.45, 7) is 2.32. The van der Waals surface area contributed by atoms with Gasteiger partial charge in [0.2, 0.25) is 5.91 Å². The Morgan fingerprint density at radius 2 is 1.96 bits per heavy atom. The number of para-hydroxylation sites is 1. The van der Waals surface area contributed by atoms with Crippen LogP contribution >= 0.6 is 11.6 Å². The van der Waals surface area contributed by atoms with Gasteiger partial charge in [0, 0.05) is 6.04 Å². The highest BCUT2D eigenvalue weighted by Crippen LogP contribution is 2.22. The van der Waals surface area contributed by atoms with Gasteiger partial charge in [-0.3, -0.25) is 9.69 Å². The zero-order valence-electron chi connectivity index (χ0n) is 14.6. The van der Waals surface area contributed by atoms with Crippen LogP contribution in [0.5, 0.6) is 0 Å². The van der Waals surface area contributed by atoms with Gasteiger partial charge in [0.15, 0.2) is 0 Å². The van der Waals surface area contributed by atoms with Crippen molar-refractivity contribution in [2.45, 2.75) is 13.0 Å². The van der Waals surface area contributed by atoms with E-state index in [1.54, 1.807) is 23.1 Å². The molecule has 1 aromatic heterocycles. The van der Waals surface area contributed by atoms with E-state index in [9.17, 15) is 4.79 Å². The van der Waals surface area contributed by atoms with Crippen LogP contribution in [0.2, 0.25) is 5.02 Å². The number of nitrogens with zero attached hydrogens (tertiary/aromatic N) is 4. The van der Waals surface area contributed by atoms with Gasteiger partial charge in [-0.1, -0.05) is 35.9 Å². The molecule has 0 aliphatic rings. The predicted molar refractivity (Wildman–Crippen MR) is 102 cm³/mol. The molecule has 1 heterocycles. The molecule has 0 bridgehead atoms. The number of rotatable bonds is 6. The van der Waals surface area contributed by atoms with E-state index >= 15 is 0 Å². The second-order valence-corrected chi connectivity index (χ2v) is 6.46. The average Bonchev–Trinajstić information content (AvgIpc) is 3.18. The summed E-state index contributed by atoms with van der Waals surface area (Å²) in [7, 11) is 1.92. The molecule has 3 aromatic rings. The third kappa shape index (κ3) is 4.28. The molecule has 0 aliphatic heterocycles. The molecule has 2 aromatic carbocycles. The second kappa shape index (κ2) is 8.12. The van der Waals surface area contributed by atoms with Crippen LogP contribution in [0.15, 0.2) is 61.2 Å². The van der Waals surface area contributed by atoms with Crippen LogP contribution in [0.4, 0.5) is 5.69 Å². The van der Waals surface area contributed by atoms with E-state index in [1.165, 1.54) is 6.33 Å². The summed E-state index contributed by atoms with van der Waals surface area (Å²) >= 11 is 6.08. The molecule has 7 heteroatoms. The van der Waals surface area contributed by atoms with E-state index in [0.29, 0.717) is 10.7 Å². The van der Waals surface area contributed by atoms with E-state index in [-0.39, 0.29) is 18.5 Å². The Hall–Kier alpha value is -2.70. The number of amides is 1. The van der Waals surface area contributed by atoms with Gasteiger partial charge in [-0.25, -0.2) is 9.67 Å². The molecular formula is C19H20ClN5O. The van der Waals surface area contributed by atoms with Crippen LogP contribution < -0.4 is 5.32 Å². The van der Waals surface area contributed by atoms with Crippen molar-refractivity contribution in [3.8, 4) is 5.69 Å². The largest absolute Gasteiger partial charge is 0.324 e. The van der Waals surface area contributed by atoms with Crippen molar-refractivity contribution in [2.24, 2.45) is 0 Å². The lowest BCUT2D eigenvalue weighted by Crippen LogP contribution is -2.32. The minimum atomic E-state index is -0.105. The maximum absolute atomic E-state index is 12.3. The van der Waals surface area contributed by atoms with Gasteiger partial charge in [0.05, 0.1) is 22.9 Å². The van der Waals surface area contributed by atoms with E-state index in [0.717, 1.165) is 11.3 Å². The minimum Gasteiger partial charge on any atom is -0.324 e. The smallest absolute Gasteiger partial charge is 0.238 e. The third-order valence-corrected chi connectivity index (χ3v) is 4.59. The van der Waals surface area contributed by atoms with Gasteiger partial charge < -0.3 is 5.32 Å². The molecule has 0 saturated carbocycles. The Bertz CT molecular complexity index is 864. The Kier molecular flexibility index (Phi) is 5.65. The average molecular weight is 370 g/mol. The highest BCUT2D eigenvalue weighted by molar-refractivity contribution is 6.33. The predicted octanol–water partition coefficient (Wildman–Crippen LogP) is 3.55. The molecule has 1 amide bonds. The number of nitrogens with one attached hydrogen (secondary N) is 1. The van der Waals surface area contributed by atoms with E-state index in [2.05, 4.69) is 22.3 Å². The van der Waals surface area contributed by atoms with Gasteiger partial charge in [-0.05, 0) is 43.8 Å². The lowest BCUT2D eigenvalue weighted by molar-refractivity contribution is -0.117. The number of aromatic nitrogens is 3. The first kappa shape index (κ1) is 18.1. The first-order valence-electron chi connectivity index (χ1n) is 8.24. The number of anilines is 1. The number of likely N-dealkylation sites (N-methyl/N-ethyl adjacent to an activating group) is 1. The van der Waals surface area contributed by atoms with Crippen LogP contribution in [0.3, 0.4) is 0 Å². The van der Waals surface area contributed by atoms with Gasteiger partial charge >= 0.3 is 0 Å². The normalized spacial score (nSPS) is 12.2. The molecule has 1 atom stereocenters. The van der Waals surface area contributed by atoms with Crippen molar-refractivity contribution in [1.29, 1.82) is 0 Å². The summed E-state index contributed by atoms with van der Waals surface area (Å²) in [5.41, 5.74) is 2.68. The SMILES string of the molecule is C[C@H](c1ccc(-n2cncn2)cc1)N(C)CC(=O)Nc1ccccc1Cl. The highest BCUT2D eigenvalue weighted by Gasteiger charge is 2.15. The number of carbonyl (C=O) groups is 1. The van der Waals surface area contributed by atoms with Crippen LogP contribution in [-0.2, 0) is 4.79 Å². The number of benzene rings is 2. The van der Waals surface area contributed by atoms with Gasteiger partial charge in [0.1, 0.15) is 12.7 Å². The van der Waals surface area contributed by atoms with E-state index in [4.69, 9.17) is 11.6 Å². The molecule has 0 aliphatic carbocycles. The van der Waals surface area contributed by atoms with Crippen LogP contribution in [0, 0.1) is 0 Å². The summed E-state index contributed by atoms with van der Waals surface area (Å²) in [5, 5.41) is 7.49. The molecule has 0 unspecified atom stereocenters. The van der Waals surface area contributed by atoms with Crippen LogP contribution in [-0.4, -0.2) is 39.2 Å². The van der Waals surface area contributed by atoms with Gasteiger partial charge in [0.25, 0.3) is 0 Å². The first-order chi connectivity index (χ1) is 12.5. The number of hydrogen-bond donors (Lipinski definition) is 1. The molecule has 0 saturated heterocycles. The molecule has 0 fully saturated rings. The fourth-order valence-electron chi connectivity index (χ4n) is 2.62. The summed E-state index contributed by atoms with van der Waals surface area (Å²) in [5.74, 6) is -0.105. The topological polar surface area (TPSA) is 63.1 Å². The Labute approximate surface area is 157 Å². The fraction of sp³-hybridized carbons (Fsp3) is 0.211. The lowest BCUT2D eigenvalue weighted by Gasteiger charge is -2.24. The first-order valence-corrected chi connectivity index (χ1v) is 8.62. The Balaban J connectivity index is 1.61. The summed E-state index contributed by atoms with van der Waals surface area (Å²) in [4.78, 5) is 18.2. The summed E-state index contributed by atoms with van der Waals surface area (Å²) in [6, 6.07) is 15.3. The van der Waals surface area contributed by atoms with Crippen molar-refractivity contribution < 1.29 is 4.79 Å². The monoisotopic (exact) mass is 369 g/mol. The Morgan fingerprint density at radius 1 is 1.23 bits per heavy atom. The molecule has 26 heavy (non-hydrogen) atoms. The van der Waals surface area contributed by atoms with Crippen molar-refractivity contribution in [2.75, 3.05) is 18.9 Å².